The Morgan fingerprint density at radius 2 is 1.48 bits per heavy atom. The second-order valence-electron chi connectivity index (χ2n) is 9.75. The molecule has 3 aliphatic carbocycles. The Morgan fingerprint density at radius 1 is 0.935 bits per heavy atom. The van der Waals surface area contributed by atoms with Gasteiger partial charge in [-0.3, -0.25) is 0 Å². The van der Waals surface area contributed by atoms with Crippen LogP contribution in [0.3, 0.4) is 0 Å². The minimum absolute atomic E-state index is 0.0976. The van der Waals surface area contributed by atoms with Crippen LogP contribution in [0.4, 0.5) is 8.78 Å². The van der Waals surface area contributed by atoms with E-state index in [1.54, 1.807) is 30.3 Å². The van der Waals surface area contributed by atoms with Crippen LogP contribution in [0.1, 0.15) is 89.0 Å². The molecule has 0 bridgehead atoms. The number of carbonyl (C=O) groups excluding carboxylic acids is 1. The zero-order valence-electron chi connectivity index (χ0n) is 18.3. The molecule has 2 atom stereocenters. The number of hydroxylamine groups is 2. The summed E-state index contributed by atoms with van der Waals surface area (Å²) >= 11 is 0. The molecule has 1 N–H and O–H groups in total. The Balaban J connectivity index is 1.61. The summed E-state index contributed by atoms with van der Waals surface area (Å²) in [7, 11) is 0. The summed E-state index contributed by atoms with van der Waals surface area (Å²) in [4.78, 5) is 19.6. The first-order valence-corrected chi connectivity index (χ1v) is 12.1. The van der Waals surface area contributed by atoms with Crippen LogP contribution >= 0.6 is 0 Å². The maximum absolute atomic E-state index is 14.1. The summed E-state index contributed by atoms with van der Waals surface area (Å²) in [6.07, 6.45) is 9.94. The van der Waals surface area contributed by atoms with Gasteiger partial charge in [-0.2, -0.15) is 0 Å². The fourth-order valence-corrected chi connectivity index (χ4v) is 5.80. The molecule has 172 valence electrons. The topological polar surface area (TPSA) is 49.8 Å². The van der Waals surface area contributed by atoms with Gasteiger partial charge >= 0.3 is 5.97 Å². The summed E-state index contributed by atoms with van der Waals surface area (Å²) in [5.74, 6) is -4.52. The van der Waals surface area contributed by atoms with Gasteiger partial charge in [-0.05, 0) is 37.7 Å². The molecular formula is C25H35F2NO3. The molecule has 0 spiro atoms. The molecule has 0 aliphatic heterocycles. The van der Waals surface area contributed by atoms with Crippen LogP contribution in [0.15, 0.2) is 30.3 Å². The van der Waals surface area contributed by atoms with E-state index >= 15 is 0 Å². The summed E-state index contributed by atoms with van der Waals surface area (Å²) < 4.78 is 28.1. The monoisotopic (exact) mass is 435 g/mol. The zero-order chi connectivity index (χ0) is 21.9. The second-order valence-corrected chi connectivity index (χ2v) is 9.75. The summed E-state index contributed by atoms with van der Waals surface area (Å²) in [5.41, 5.74) is -1.72. The predicted octanol–water partition coefficient (Wildman–Crippen LogP) is 5.74. The van der Waals surface area contributed by atoms with Crippen LogP contribution in [0.5, 0.6) is 0 Å². The van der Waals surface area contributed by atoms with E-state index in [-0.39, 0.29) is 24.9 Å². The van der Waals surface area contributed by atoms with Gasteiger partial charge in [-0.15, -0.1) is 5.06 Å². The van der Waals surface area contributed by atoms with Crippen molar-refractivity contribution in [2.24, 2.45) is 5.92 Å². The number of carbonyl (C=O) groups is 1. The van der Waals surface area contributed by atoms with Gasteiger partial charge in [0.15, 0.2) is 5.60 Å². The largest absolute Gasteiger partial charge is 0.374 e. The van der Waals surface area contributed by atoms with E-state index in [1.807, 2.05) is 5.06 Å². The van der Waals surface area contributed by atoms with Gasteiger partial charge in [0, 0.05) is 30.8 Å². The smallest absolute Gasteiger partial charge is 0.361 e. The number of hydrogen-bond acceptors (Lipinski definition) is 4. The van der Waals surface area contributed by atoms with E-state index in [9.17, 15) is 18.7 Å². The van der Waals surface area contributed by atoms with Crippen LogP contribution < -0.4 is 0 Å². The van der Waals surface area contributed by atoms with E-state index < -0.39 is 29.8 Å². The molecule has 3 fully saturated rings. The number of alkyl halides is 2. The number of nitrogens with zero attached hydrogens (tertiary/aromatic N) is 1. The van der Waals surface area contributed by atoms with E-state index in [0.29, 0.717) is 5.56 Å². The normalized spacial score (nSPS) is 27.2. The third-order valence-corrected chi connectivity index (χ3v) is 7.58. The molecule has 4 rings (SSSR count). The lowest BCUT2D eigenvalue weighted by Gasteiger charge is -2.42. The first-order valence-electron chi connectivity index (χ1n) is 12.1. The molecule has 0 heterocycles. The molecule has 0 unspecified atom stereocenters. The highest BCUT2D eigenvalue weighted by atomic mass is 19.3. The van der Waals surface area contributed by atoms with Crippen molar-refractivity contribution < 1.29 is 23.5 Å². The van der Waals surface area contributed by atoms with Gasteiger partial charge in [0.1, 0.15) is 0 Å². The standard InChI is InChI=1S/C25H35F2NO3/c26-24(27)17-16-20(18-24)25(30,19-10-4-1-5-11-19)23(29)31-28(21-12-6-2-7-13-21)22-14-8-3-9-15-22/h1,4-5,10-11,20-22,30H,2-3,6-9,12-18H2/t20-,25+/m1/s1. The molecule has 0 saturated heterocycles. The van der Waals surface area contributed by atoms with E-state index in [2.05, 4.69) is 0 Å². The Kier molecular flexibility index (Phi) is 6.97. The van der Waals surface area contributed by atoms with Crippen LogP contribution in [-0.4, -0.2) is 34.1 Å². The van der Waals surface area contributed by atoms with Crippen molar-refractivity contribution in [2.45, 2.75) is 107 Å². The van der Waals surface area contributed by atoms with Gasteiger partial charge < -0.3 is 9.94 Å². The lowest BCUT2D eigenvalue weighted by Crippen LogP contribution is -2.52. The van der Waals surface area contributed by atoms with Gasteiger partial charge in [-0.1, -0.05) is 68.9 Å². The molecule has 6 heteroatoms. The molecule has 0 radical (unpaired) electrons. The lowest BCUT2D eigenvalue weighted by molar-refractivity contribution is -0.245. The highest BCUT2D eigenvalue weighted by Crippen LogP contribution is 2.48. The third kappa shape index (κ3) is 4.95. The number of halogens is 2. The lowest BCUT2D eigenvalue weighted by atomic mass is 9.80. The van der Waals surface area contributed by atoms with Gasteiger partial charge in [-0.25, -0.2) is 13.6 Å². The molecular weight excluding hydrogens is 400 g/mol. The first kappa shape index (κ1) is 22.7. The summed E-state index contributed by atoms with van der Waals surface area (Å²) in [5, 5.41) is 13.6. The van der Waals surface area contributed by atoms with Crippen LogP contribution in [0.2, 0.25) is 0 Å². The fraction of sp³-hybridized carbons (Fsp3) is 0.720. The van der Waals surface area contributed by atoms with Crippen LogP contribution in [-0.2, 0) is 15.2 Å². The van der Waals surface area contributed by atoms with Gasteiger partial charge in [0.2, 0.25) is 5.92 Å². The van der Waals surface area contributed by atoms with Crippen LogP contribution in [0.25, 0.3) is 0 Å². The van der Waals surface area contributed by atoms with Crippen molar-refractivity contribution in [3.8, 4) is 0 Å². The minimum atomic E-state index is -2.86. The van der Waals surface area contributed by atoms with Crippen molar-refractivity contribution in [1.29, 1.82) is 0 Å². The summed E-state index contributed by atoms with van der Waals surface area (Å²) in [6, 6.07) is 8.81. The molecule has 31 heavy (non-hydrogen) atoms. The van der Waals surface area contributed by atoms with Crippen molar-refractivity contribution in [1.82, 2.24) is 5.06 Å². The Morgan fingerprint density at radius 3 is 1.97 bits per heavy atom. The third-order valence-electron chi connectivity index (χ3n) is 7.58. The minimum Gasteiger partial charge on any atom is -0.374 e. The van der Waals surface area contributed by atoms with E-state index in [1.165, 1.54) is 12.8 Å². The number of benzene rings is 1. The molecule has 0 aromatic heterocycles. The zero-order valence-corrected chi connectivity index (χ0v) is 18.3. The maximum atomic E-state index is 14.1. The summed E-state index contributed by atoms with van der Waals surface area (Å²) in [6.45, 7) is 0. The fourth-order valence-electron chi connectivity index (χ4n) is 5.80. The van der Waals surface area contributed by atoms with Crippen LogP contribution in [0, 0.1) is 5.92 Å². The molecule has 0 amide bonds. The highest BCUT2D eigenvalue weighted by molar-refractivity contribution is 5.81. The molecule has 4 nitrogen and oxygen atoms in total. The Bertz CT molecular complexity index is 714. The van der Waals surface area contributed by atoms with Gasteiger partial charge in [0.25, 0.3) is 0 Å². The Hall–Kier alpha value is -1.53. The first-order chi connectivity index (χ1) is 14.9. The maximum Gasteiger partial charge on any atom is 0.361 e. The predicted molar refractivity (Wildman–Crippen MR) is 114 cm³/mol. The SMILES string of the molecule is O=C(ON(C1CCCCC1)C1CCCCC1)[C@](O)(c1ccccc1)[C@@H]1CCC(F)(F)C1. The van der Waals surface area contributed by atoms with Crippen molar-refractivity contribution in [3.05, 3.63) is 35.9 Å². The number of hydrogen-bond donors (Lipinski definition) is 1. The van der Waals surface area contributed by atoms with Crippen molar-refractivity contribution >= 4 is 5.97 Å². The average molecular weight is 436 g/mol. The molecule has 3 aliphatic rings. The van der Waals surface area contributed by atoms with Crippen molar-refractivity contribution in [2.75, 3.05) is 0 Å². The number of rotatable bonds is 6. The van der Waals surface area contributed by atoms with Crippen molar-refractivity contribution in [3.63, 3.8) is 0 Å². The number of aliphatic hydroxyl groups is 1. The molecule has 3 saturated carbocycles. The highest BCUT2D eigenvalue weighted by Gasteiger charge is 2.55. The second kappa shape index (κ2) is 9.53. The Labute approximate surface area is 183 Å². The average Bonchev–Trinajstić information content (AvgIpc) is 3.18. The quantitative estimate of drug-likeness (QED) is 0.579. The molecule has 1 aromatic rings. The van der Waals surface area contributed by atoms with E-state index in [4.69, 9.17) is 4.84 Å². The van der Waals surface area contributed by atoms with E-state index in [0.717, 1.165) is 51.4 Å². The molecule has 1 aromatic carbocycles. The van der Waals surface area contributed by atoms with Gasteiger partial charge in [0.05, 0.1) is 0 Å².